The van der Waals surface area contributed by atoms with E-state index in [9.17, 15) is 38.9 Å². The molecule has 0 saturated carbocycles. The third-order valence-corrected chi connectivity index (χ3v) is 4.04. The van der Waals surface area contributed by atoms with E-state index in [2.05, 4.69) is 12.5 Å². The molecule has 0 heterocycles. The monoisotopic (exact) mass is 534 g/mol. The van der Waals surface area contributed by atoms with Gasteiger partial charge in [-0.15, -0.1) is 0 Å². The minimum absolute atomic E-state index is 0. The van der Waals surface area contributed by atoms with Gasteiger partial charge in [0.25, 0.3) is 31.2 Å². The molecular formula is C14H9Na3O12S3. The molecule has 158 valence electrons. The molecule has 2 aromatic carbocycles. The van der Waals surface area contributed by atoms with Gasteiger partial charge < -0.3 is 26.2 Å². The van der Waals surface area contributed by atoms with Crippen molar-refractivity contribution < 1.29 is 140 Å². The van der Waals surface area contributed by atoms with E-state index in [0.717, 1.165) is 12.1 Å². The van der Waals surface area contributed by atoms with Crippen LogP contribution in [0.2, 0.25) is 0 Å². The van der Waals surface area contributed by atoms with Crippen molar-refractivity contribution >= 4 is 43.3 Å². The Morgan fingerprint density at radius 2 is 0.875 bits per heavy atom. The van der Waals surface area contributed by atoms with Gasteiger partial charge in [-0.25, -0.2) is 25.3 Å². The number of hydrogen-bond acceptors (Lipinski definition) is 12. The Kier molecular flexibility index (Phi) is 15.1. The number of rotatable bonds is 8. The van der Waals surface area contributed by atoms with E-state index in [1.54, 1.807) is 0 Å². The first-order valence-corrected chi connectivity index (χ1v) is 11.1. The summed E-state index contributed by atoms with van der Waals surface area (Å²) in [5.74, 6) is -1.44. The van der Waals surface area contributed by atoms with Gasteiger partial charge in [0.05, 0.1) is 0 Å². The fourth-order valence-corrected chi connectivity index (χ4v) is 2.98. The van der Waals surface area contributed by atoms with Crippen LogP contribution < -0.4 is 101 Å². The van der Waals surface area contributed by atoms with Crippen molar-refractivity contribution in [3.05, 3.63) is 53.6 Å². The SMILES string of the molecule is O=S(=O)([O-])Oc1ccc(/C=C/c2cc(OS(=O)(=O)[O-])cc(OS(=O)(=O)[O-])c2)cc1.[Na+].[Na+].[Na+]. The summed E-state index contributed by atoms with van der Waals surface area (Å²) in [4.78, 5) is 0. The summed E-state index contributed by atoms with van der Waals surface area (Å²) in [6, 6.07) is 7.86. The van der Waals surface area contributed by atoms with Crippen molar-refractivity contribution in [1.82, 2.24) is 0 Å². The van der Waals surface area contributed by atoms with E-state index < -0.39 is 42.7 Å². The van der Waals surface area contributed by atoms with E-state index in [0.29, 0.717) is 11.6 Å². The van der Waals surface area contributed by atoms with Gasteiger partial charge in [-0.2, -0.15) is 0 Å². The van der Waals surface area contributed by atoms with Crippen molar-refractivity contribution in [2.45, 2.75) is 0 Å². The van der Waals surface area contributed by atoms with Crippen molar-refractivity contribution in [2.75, 3.05) is 0 Å². The van der Waals surface area contributed by atoms with Crippen LogP contribution in [0.25, 0.3) is 12.2 Å². The first-order chi connectivity index (χ1) is 13.2. The minimum atomic E-state index is -5.19. The molecule has 2 rings (SSSR count). The smallest absolute Gasteiger partial charge is 0.716 e. The van der Waals surface area contributed by atoms with Crippen molar-refractivity contribution in [3.63, 3.8) is 0 Å². The predicted octanol–water partition coefficient (Wildman–Crippen LogP) is -8.61. The van der Waals surface area contributed by atoms with Gasteiger partial charge in [0.2, 0.25) is 0 Å². The fraction of sp³-hybridized carbons (Fsp3) is 0. The topological polar surface area (TPSA) is 199 Å². The van der Waals surface area contributed by atoms with Crippen molar-refractivity contribution in [1.29, 1.82) is 0 Å². The van der Waals surface area contributed by atoms with Crippen LogP contribution in [-0.4, -0.2) is 38.9 Å². The number of hydrogen-bond donors (Lipinski definition) is 0. The molecule has 0 radical (unpaired) electrons. The zero-order valence-electron chi connectivity index (χ0n) is 16.8. The van der Waals surface area contributed by atoms with Crippen LogP contribution in [-0.2, 0) is 31.2 Å². The summed E-state index contributed by atoms with van der Waals surface area (Å²) >= 11 is 0. The molecular weight excluding hydrogens is 525 g/mol. The van der Waals surface area contributed by atoms with E-state index >= 15 is 0 Å². The van der Waals surface area contributed by atoms with Crippen LogP contribution in [0.1, 0.15) is 11.1 Å². The largest absolute Gasteiger partial charge is 1.00 e. The Hall–Kier alpha value is 0.310. The minimum Gasteiger partial charge on any atom is -0.716 e. The zero-order chi connectivity index (χ0) is 21.9. The van der Waals surface area contributed by atoms with Crippen LogP contribution in [0.4, 0.5) is 0 Å². The molecule has 0 aromatic heterocycles. The average Bonchev–Trinajstić information content (AvgIpc) is 2.49. The van der Waals surface area contributed by atoms with Gasteiger partial charge in [0, 0.05) is 6.07 Å². The van der Waals surface area contributed by atoms with E-state index in [-0.39, 0.29) is 100.0 Å². The number of benzene rings is 2. The molecule has 0 fully saturated rings. The first kappa shape index (κ1) is 34.5. The summed E-state index contributed by atoms with van der Waals surface area (Å²) in [6.45, 7) is 0. The molecule has 0 bridgehead atoms. The molecule has 0 unspecified atom stereocenters. The van der Waals surface area contributed by atoms with Crippen LogP contribution in [0, 0.1) is 0 Å². The summed E-state index contributed by atoms with van der Waals surface area (Å²) in [5, 5.41) is 0. The average molecular weight is 534 g/mol. The molecule has 0 atom stereocenters. The fourth-order valence-electron chi connectivity index (χ4n) is 1.97. The second kappa shape index (κ2) is 14.0. The third-order valence-electron chi connectivity index (χ3n) is 2.85. The Morgan fingerprint density at radius 1 is 0.531 bits per heavy atom. The maximum absolute atomic E-state index is 10.7. The third kappa shape index (κ3) is 14.5. The van der Waals surface area contributed by atoms with Crippen molar-refractivity contribution in [2.24, 2.45) is 0 Å². The van der Waals surface area contributed by atoms with Crippen LogP contribution >= 0.6 is 0 Å². The zero-order valence-corrected chi connectivity index (χ0v) is 25.3. The molecule has 0 saturated heterocycles. The van der Waals surface area contributed by atoms with Crippen LogP contribution in [0.3, 0.4) is 0 Å². The molecule has 0 aliphatic carbocycles. The van der Waals surface area contributed by atoms with Gasteiger partial charge in [-0.1, -0.05) is 24.3 Å². The molecule has 32 heavy (non-hydrogen) atoms. The molecule has 0 aliphatic rings. The van der Waals surface area contributed by atoms with Gasteiger partial charge in [0.1, 0.15) is 17.2 Å². The normalized spacial score (nSPS) is 11.5. The molecule has 12 nitrogen and oxygen atoms in total. The van der Waals surface area contributed by atoms with E-state index in [1.165, 1.54) is 36.4 Å². The molecule has 2 aromatic rings. The Labute approximate surface area is 251 Å². The second-order valence-corrected chi connectivity index (χ2v) is 8.06. The Morgan fingerprint density at radius 3 is 1.25 bits per heavy atom. The molecule has 0 N–H and O–H groups in total. The van der Waals surface area contributed by atoms with Crippen LogP contribution in [0.5, 0.6) is 17.2 Å². The van der Waals surface area contributed by atoms with Gasteiger partial charge >= 0.3 is 88.7 Å². The van der Waals surface area contributed by atoms with E-state index in [1.807, 2.05) is 0 Å². The maximum Gasteiger partial charge on any atom is 1.00 e. The second-order valence-electron chi connectivity index (χ2n) is 5.11. The first-order valence-electron chi connectivity index (χ1n) is 7.08. The molecule has 18 heteroatoms. The molecule has 0 aliphatic heterocycles. The Bertz CT molecular complexity index is 1190. The summed E-state index contributed by atoms with van der Waals surface area (Å²) in [7, 11) is -15.3. The predicted molar refractivity (Wildman–Crippen MR) is 92.8 cm³/mol. The van der Waals surface area contributed by atoms with E-state index in [4.69, 9.17) is 0 Å². The molecule has 0 amide bonds. The van der Waals surface area contributed by atoms with Gasteiger partial charge in [-0.3, -0.25) is 0 Å². The standard InChI is InChI=1S/C14H12O12S3.3Na/c15-27(16,17)24-12-5-3-10(4-6-12)1-2-11-7-13(25-28(18,19)20)9-14(8-11)26-29(21,22)23;;;/h1-9H,(H,15,16,17)(H,18,19,20)(H,21,22,23);;;/q;3*+1/p-3/b2-1+;;;. The van der Waals surface area contributed by atoms with Crippen molar-refractivity contribution in [3.8, 4) is 17.2 Å². The Balaban J connectivity index is 0. The van der Waals surface area contributed by atoms with Gasteiger partial charge in [0.15, 0.2) is 0 Å². The summed E-state index contributed by atoms with van der Waals surface area (Å²) in [6.07, 6.45) is 2.70. The molecule has 0 spiro atoms. The van der Waals surface area contributed by atoms with Crippen LogP contribution in [0.15, 0.2) is 42.5 Å². The van der Waals surface area contributed by atoms with Gasteiger partial charge in [-0.05, 0) is 35.4 Å². The summed E-state index contributed by atoms with van der Waals surface area (Å²) < 4.78 is 108. The summed E-state index contributed by atoms with van der Waals surface area (Å²) in [5.41, 5.74) is 0.523. The maximum atomic E-state index is 10.7. The quantitative estimate of drug-likeness (QED) is 0.134.